The molecule has 0 radical (unpaired) electrons. The van der Waals surface area contributed by atoms with Crippen LogP contribution in [0.5, 0.6) is 11.5 Å². The normalized spacial score (nSPS) is 15.2. The smallest absolute Gasteiger partial charge is 0.418 e. The Morgan fingerprint density at radius 2 is 0.581 bits per heavy atom. The second kappa shape index (κ2) is 35.3. The maximum absolute atomic E-state index is 14.9. The van der Waals surface area contributed by atoms with Crippen LogP contribution >= 0.6 is 0 Å². The van der Waals surface area contributed by atoms with Crippen LogP contribution in [0, 0.1) is 6.92 Å². The molecule has 12 amide bonds. The molecule has 0 bridgehead atoms. The lowest BCUT2D eigenvalue weighted by Crippen LogP contribution is -2.55. The number of aryl methyl sites for hydroxylation is 1. The minimum Gasteiger partial charge on any atom is -0.457 e. The van der Waals surface area contributed by atoms with Crippen LogP contribution in [0.25, 0.3) is 32.7 Å². The molecule has 0 saturated carbocycles. The standard InChI is InChI=1S/C33H20F6N2O5.C24H21F3N2O4.C21H18N2O4.C17H12F6N2O4.CH4/c1-17-3-9-21(10-4-17)46-22-11-7-20(8-12-22)41-29(44)24-14-6-19(16-26(24)30(41)45)31(32(34,35)36,33(37,38)39)18-5-13-23-25(15-18)28(43)40(2)27(23)42;1-4-5-10-29-21(32)16-9-7-14(12-18(16)22(29)33)23(2,24(25,26)27)13-6-8-15-17(11-13)20(31)28(3)19(15)30;1-3-4-9-23-20(26)15-8-6-13(11-17(15)21(23)27)12-5-7-14-16(10-12)19(25)22(2)18(14)24;1-3-4-5-25-14(28)8-9(15(25)29)11(17(21,22)23)7-6(10(8)16(18,19)20)12(26)24(2)13(7)27;/h3-16H,1-2H3;6-9,11-12H,4-5,10H2,1-3H3;5-8,10-11H,3-4,9H2,1-2H3;3-5H2,1-2H3;1H4. The van der Waals surface area contributed by atoms with Crippen LogP contribution in [0.1, 0.15) is 237 Å². The molecule has 0 spiro atoms. The number of halogens is 15. The van der Waals surface area contributed by atoms with Crippen LogP contribution in [0.4, 0.5) is 71.5 Å². The molecular weight excluding hydrogens is 1820 g/mol. The zero-order valence-corrected chi connectivity index (χ0v) is 72.1. The number of ether oxygens (including phenoxy) is 1. The van der Waals surface area contributed by atoms with Gasteiger partial charge < -0.3 is 4.74 Å². The van der Waals surface area contributed by atoms with Gasteiger partial charge in [-0.3, -0.25) is 110 Å². The van der Waals surface area contributed by atoms with Crippen molar-refractivity contribution in [3.05, 3.63) is 305 Å². The molecule has 25 nitrogen and oxygen atoms in total. The fraction of sp³-hybridized carbons (Fsp3) is 0.271. The number of nitrogens with zero attached hydrogens (tertiary/aromatic N) is 8. The van der Waals surface area contributed by atoms with Gasteiger partial charge in [-0.05, 0) is 176 Å². The summed E-state index contributed by atoms with van der Waals surface area (Å²) in [6.07, 6.45) is -24.3. The molecule has 0 saturated heterocycles. The third-order valence-electron chi connectivity index (χ3n) is 24.4. The Labute approximate surface area is 759 Å². The Kier molecular flexibility index (Phi) is 25.6. The number of benzene rings is 9. The van der Waals surface area contributed by atoms with E-state index in [9.17, 15) is 143 Å². The highest BCUT2D eigenvalue weighted by Gasteiger charge is 2.73. The minimum absolute atomic E-state index is 0. The molecule has 11 aromatic rings. The van der Waals surface area contributed by atoms with Crippen molar-refractivity contribution >= 4 is 98.1 Å². The number of imide groups is 6. The molecule has 0 aliphatic carbocycles. The van der Waals surface area contributed by atoms with Crippen LogP contribution in [0.2, 0.25) is 0 Å². The van der Waals surface area contributed by atoms with Gasteiger partial charge in [0.05, 0.1) is 105 Å². The summed E-state index contributed by atoms with van der Waals surface area (Å²) in [5.74, 6) is -6.78. The number of aromatic nitrogens is 2. The summed E-state index contributed by atoms with van der Waals surface area (Å²) in [7, 11) is 4.48. The second-order valence-electron chi connectivity index (χ2n) is 32.6. The number of hydrogen-bond donors (Lipinski definition) is 0. The number of rotatable bonds is 17. The minimum atomic E-state index is -6.05. The Bertz CT molecular complexity index is 7110. The number of unbranched alkanes of at least 4 members (excludes halogenated alkanes) is 3. The average molecular weight is 1900 g/mol. The van der Waals surface area contributed by atoms with Crippen molar-refractivity contribution in [2.75, 3.05) is 39.1 Å². The molecular formula is C96H75F15N8O17. The monoisotopic (exact) mass is 1900 g/mol. The molecule has 0 fully saturated rings. The molecule has 2 aromatic heterocycles. The summed E-state index contributed by atoms with van der Waals surface area (Å²) in [5.41, 5.74) is -19.1. The maximum Gasteiger partial charge on any atom is 0.418 e. The van der Waals surface area contributed by atoms with Crippen molar-refractivity contribution in [3.63, 3.8) is 0 Å². The average Bonchev–Trinajstić information content (AvgIpc) is 1.54. The van der Waals surface area contributed by atoms with Crippen molar-refractivity contribution in [2.45, 2.75) is 129 Å². The lowest BCUT2D eigenvalue weighted by molar-refractivity contribution is -0.288. The quantitative estimate of drug-likeness (QED) is 0.0604. The van der Waals surface area contributed by atoms with Crippen molar-refractivity contribution < 1.29 is 128 Å². The molecule has 1 unspecified atom stereocenters. The van der Waals surface area contributed by atoms with Gasteiger partial charge in [0.1, 0.15) is 16.9 Å². The van der Waals surface area contributed by atoms with E-state index in [0.29, 0.717) is 94.3 Å². The van der Waals surface area contributed by atoms with Crippen molar-refractivity contribution in [1.82, 2.24) is 33.6 Å². The highest BCUT2D eigenvalue weighted by molar-refractivity contribution is 6.35. The predicted molar refractivity (Wildman–Crippen MR) is 459 cm³/mol. The first-order chi connectivity index (χ1) is 63.2. The van der Waals surface area contributed by atoms with Crippen LogP contribution in [0.15, 0.2) is 177 Å². The zero-order chi connectivity index (χ0) is 99.0. The fourth-order valence-corrected chi connectivity index (χ4v) is 17.0. The van der Waals surface area contributed by atoms with Gasteiger partial charge in [0.2, 0.25) is 5.41 Å². The summed E-state index contributed by atoms with van der Waals surface area (Å²) in [6, 6.07) is 33.1. The molecule has 706 valence electrons. The van der Waals surface area contributed by atoms with Gasteiger partial charge in [0.25, 0.3) is 93.1 Å². The van der Waals surface area contributed by atoms with E-state index in [2.05, 4.69) is 0 Å². The molecule has 136 heavy (non-hydrogen) atoms. The van der Waals surface area contributed by atoms with Gasteiger partial charge in [0, 0.05) is 47.8 Å². The van der Waals surface area contributed by atoms with E-state index in [1.54, 1.807) is 55.5 Å². The van der Waals surface area contributed by atoms with Gasteiger partial charge in [0.15, 0.2) is 0 Å². The first kappa shape index (κ1) is 98.4. The number of alkyl halides is 15. The summed E-state index contributed by atoms with van der Waals surface area (Å²) in [5, 5.41) is -6.20. The van der Waals surface area contributed by atoms with E-state index in [0.717, 1.165) is 88.9 Å². The molecule has 8 heterocycles. The van der Waals surface area contributed by atoms with Gasteiger partial charge in [-0.15, -0.1) is 0 Å². The molecule has 6 aliphatic rings. The van der Waals surface area contributed by atoms with Crippen molar-refractivity contribution in [2.24, 2.45) is 7.05 Å². The number of hydrogen-bond acceptors (Lipinski definition) is 17. The van der Waals surface area contributed by atoms with E-state index in [1.165, 1.54) is 67.5 Å². The topological polar surface area (TPSA) is 312 Å². The zero-order valence-electron chi connectivity index (χ0n) is 72.1. The van der Waals surface area contributed by atoms with Crippen LogP contribution in [0.3, 0.4) is 0 Å². The van der Waals surface area contributed by atoms with Crippen LogP contribution < -0.4 is 31.9 Å². The van der Waals surface area contributed by atoms with E-state index < -0.39 is 178 Å². The first-order valence-corrected chi connectivity index (χ1v) is 41.2. The summed E-state index contributed by atoms with van der Waals surface area (Å²) in [6.45, 7) is 8.62. The second-order valence-corrected chi connectivity index (χ2v) is 32.6. The number of carbonyl (C=O) groups excluding carboxylic acids is 12. The van der Waals surface area contributed by atoms with Gasteiger partial charge >= 0.3 is 30.9 Å². The maximum atomic E-state index is 14.9. The molecule has 6 aliphatic heterocycles. The van der Waals surface area contributed by atoms with Crippen LogP contribution in [-0.2, 0) is 36.8 Å². The number of carbonyl (C=O) groups is 12. The Morgan fingerprint density at radius 1 is 0.301 bits per heavy atom. The van der Waals surface area contributed by atoms with Gasteiger partial charge in [-0.2, -0.15) is 65.9 Å². The lowest BCUT2D eigenvalue weighted by Gasteiger charge is -2.38. The highest BCUT2D eigenvalue weighted by Crippen LogP contribution is 2.58. The highest BCUT2D eigenvalue weighted by atomic mass is 19.4. The summed E-state index contributed by atoms with van der Waals surface area (Å²) >= 11 is 0. The molecule has 1 atom stereocenters. The molecule has 40 heteroatoms. The number of anilines is 1. The number of fused-ring (bicyclic) bond motifs is 8. The Hall–Kier alpha value is -15.2. The van der Waals surface area contributed by atoms with E-state index in [4.69, 9.17) is 4.74 Å². The summed E-state index contributed by atoms with van der Waals surface area (Å²) < 4.78 is 222. The SMILES string of the molecule is C.CCCCN1C(=O)c2ccc(-c3ccc4c(c3)C(=O)N(C)C4=O)cc2C1=O.CCCCN1C(=O)c2ccc(C(C)(c3ccc4c(c3)C(=O)N(C)C4=O)C(F)(F)F)cc2C1=O.CCCCn1c(=O)c2c(C(F)(F)F)c3c(=O)n(C)c(=O)c3c(C(F)(F)F)c2c1=O.Cc1ccc(Oc2ccc(N3C(=O)c4ccc(C(c5ccc6c(c5)C(=O)N(C)C6=O)(C(F)(F)F)C(F)(F)F)cc4C3=O)cc2)cc1. The lowest BCUT2D eigenvalue weighted by atomic mass is 9.71. The van der Waals surface area contributed by atoms with Crippen molar-refractivity contribution in [1.29, 1.82) is 0 Å². The third kappa shape index (κ3) is 15.9. The molecule has 17 rings (SSSR count). The van der Waals surface area contributed by atoms with Gasteiger partial charge in [-0.25, -0.2) is 4.90 Å². The van der Waals surface area contributed by atoms with E-state index >= 15 is 0 Å². The Balaban J connectivity index is 0.000000157. The van der Waals surface area contributed by atoms with Crippen molar-refractivity contribution in [3.8, 4) is 22.6 Å². The number of amides is 12. The predicted octanol–water partition coefficient (Wildman–Crippen LogP) is 17.3. The fourth-order valence-electron chi connectivity index (χ4n) is 17.0. The first-order valence-electron chi connectivity index (χ1n) is 41.2. The van der Waals surface area contributed by atoms with E-state index in [-0.39, 0.29) is 97.8 Å². The van der Waals surface area contributed by atoms with E-state index in [1.807, 2.05) is 32.9 Å². The van der Waals surface area contributed by atoms with Gasteiger partial charge in [-0.1, -0.05) is 102 Å². The summed E-state index contributed by atoms with van der Waals surface area (Å²) in [4.78, 5) is 206. The third-order valence-corrected chi connectivity index (χ3v) is 24.4. The largest absolute Gasteiger partial charge is 0.457 e. The molecule has 9 aromatic carbocycles. The van der Waals surface area contributed by atoms with Crippen LogP contribution in [-0.4, -0.2) is 157 Å². The molecule has 0 N–H and O–H groups in total. The Morgan fingerprint density at radius 3 is 0.941 bits per heavy atom.